The molecule has 0 saturated heterocycles. The molecule has 90 valence electrons. The zero-order valence-electron chi connectivity index (χ0n) is 9.44. The molecule has 0 bridgehead atoms. The minimum Gasteiger partial charge on any atom is -0.386 e. The molecule has 0 spiro atoms. The first-order chi connectivity index (χ1) is 7.16. The van der Waals surface area contributed by atoms with Gasteiger partial charge in [-0.1, -0.05) is 45.8 Å². The van der Waals surface area contributed by atoms with E-state index in [1.165, 1.54) is 6.92 Å². The highest BCUT2D eigenvalue weighted by Crippen LogP contribution is 2.37. The average Bonchev–Trinajstić information content (AvgIpc) is 2.14. The van der Waals surface area contributed by atoms with Gasteiger partial charge >= 0.3 is 0 Å². The number of aryl methyl sites for hydroxylation is 1. The molecule has 0 fully saturated rings. The van der Waals surface area contributed by atoms with Crippen molar-refractivity contribution in [3.63, 3.8) is 0 Å². The standard InChI is InChI=1S/C11H15BrO3S/c1-8-5-4-6-9(7-8)10(13)11(2,12)16(3,14)15/h4-7,10,13H,1-3H3/t10-,11+/m1/s1. The molecule has 0 radical (unpaired) electrons. The second-order valence-electron chi connectivity index (χ2n) is 4.07. The van der Waals surface area contributed by atoms with Gasteiger partial charge in [-0.05, 0) is 19.4 Å². The van der Waals surface area contributed by atoms with E-state index in [2.05, 4.69) is 15.9 Å². The Bertz CT molecular complexity index is 480. The second kappa shape index (κ2) is 4.47. The molecule has 0 aliphatic rings. The summed E-state index contributed by atoms with van der Waals surface area (Å²) in [5, 5.41) is 10.1. The first-order valence-electron chi connectivity index (χ1n) is 4.79. The topological polar surface area (TPSA) is 54.4 Å². The normalized spacial score (nSPS) is 17.8. The summed E-state index contributed by atoms with van der Waals surface area (Å²) in [5.41, 5.74) is 1.57. The van der Waals surface area contributed by atoms with Crippen molar-refractivity contribution in [2.24, 2.45) is 0 Å². The van der Waals surface area contributed by atoms with Crippen LogP contribution in [0.3, 0.4) is 0 Å². The number of aliphatic hydroxyl groups excluding tert-OH is 1. The summed E-state index contributed by atoms with van der Waals surface area (Å²) >= 11 is 3.09. The predicted octanol–water partition coefficient (Wildman–Crippen LogP) is 2.18. The number of rotatable bonds is 3. The Kier molecular flexibility index (Phi) is 3.82. The maximum atomic E-state index is 11.5. The van der Waals surface area contributed by atoms with Gasteiger partial charge in [0.1, 0.15) is 6.10 Å². The summed E-state index contributed by atoms with van der Waals surface area (Å²) < 4.78 is 21.7. The van der Waals surface area contributed by atoms with Gasteiger partial charge in [-0.2, -0.15) is 0 Å². The largest absolute Gasteiger partial charge is 0.386 e. The van der Waals surface area contributed by atoms with Crippen LogP contribution in [0.15, 0.2) is 24.3 Å². The van der Waals surface area contributed by atoms with Crippen molar-refractivity contribution < 1.29 is 13.5 Å². The quantitative estimate of drug-likeness (QED) is 0.871. The summed E-state index contributed by atoms with van der Waals surface area (Å²) in [6, 6.07) is 7.17. The summed E-state index contributed by atoms with van der Waals surface area (Å²) in [7, 11) is -3.40. The number of aliphatic hydroxyl groups is 1. The molecule has 0 aromatic heterocycles. The van der Waals surface area contributed by atoms with E-state index in [1.807, 2.05) is 13.0 Å². The lowest BCUT2D eigenvalue weighted by Crippen LogP contribution is -2.34. The van der Waals surface area contributed by atoms with Crippen molar-refractivity contribution in [3.05, 3.63) is 35.4 Å². The van der Waals surface area contributed by atoms with Gasteiger partial charge in [0.2, 0.25) is 0 Å². The van der Waals surface area contributed by atoms with E-state index >= 15 is 0 Å². The number of benzene rings is 1. The van der Waals surface area contributed by atoms with Crippen molar-refractivity contribution in [2.75, 3.05) is 6.26 Å². The third kappa shape index (κ3) is 2.64. The van der Waals surface area contributed by atoms with Crippen LogP contribution in [0.4, 0.5) is 0 Å². The number of sulfone groups is 1. The van der Waals surface area contributed by atoms with Gasteiger partial charge in [0, 0.05) is 6.26 Å². The third-order valence-corrected chi connectivity index (χ3v) is 6.44. The summed E-state index contributed by atoms with van der Waals surface area (Å²) in [5.74, 6) is 0. The Balaban J connectivity index is 3.17. The molecule has 3 nitrogen and oxygen atoms in total. The van der Waals surface area contributed by atoms with Crippen LogP contribution in [0.1, 0.15) is 24.2 Å². The molecular formula is C11H15BrO3S. The van der Waals surface area contributed by atoms with Crippen LogP contribution in [0.2, 0.25) is 0 Å². The Hall–Kier alpha value is -0.390. The Morgan fingerprint density at radius 2 is 2.00 bits per heavy atom. The minimum atomic E-state index is -3.40. The molecule has 0 heterocycles. The molecule has 1 aromatic carbocycles. The van der Waals surface area contributed by atoms with Gasteiger partial charge in [-0.15, -0.1) is 0 Å². The Morgan fingerprint density at radius 1 is 1.44 bits per heavy atom. The molecule has 2 atom stereocenters. The molecule has 0 aliphatic carbocycles. The molecule has 0 aliphatic heterocycles. The summed E-state index contributed by atoms with van der Waals surface area (Å²) in [6.45, 7) is 3.34. The SMILES string of the molecule is Cc1cccc([C@@H](O)[C@@](C)(Br)S(C)(=O)=O)c1. The fourth-order valence-electron chi connectivity index (χ4n) is 1.34. The maximum absolute atomic E-state index is 11.5. The van der Waals surface area contributed by atoms with E-state index in [0.29, 0.717) is 5.56 Å². The van der Waals surface area contributed by atoms with Gasteiger partial charge in [0.25, 0.3) is 0 Å². The van der Waals surface area contributed by atoms with Gasteiger partial charge in [0.05, 0.1) is 0 Å². The van der Waals surface area contributed by atoms with Crippen molar-refractivity contribution >= 4 is 25.8 Å². The molecule has 16 heavy (non-hydrogen) atoms. The highest BCUT2D eigenvalue weighted by atomic mass is 79.9. The van der Waals surface area contributed by atoms with Gasteiger partial charge < -0.3 is 5.11 Å². The third-order valence-electron chi connectivity index (χ3n) is 2.57. The van der Waals surface area contributed by atoms with E-state index in [0.717, 1.165) is 11.8 Å². The molecular weight excluding hydrogens is 292 g/mol. The van der Waals surface area contributed by atoms with Gasteiger partial charge in [-0.3, -0.25) is 0 Å². The van der Waals surface area contributed by atoms with Crippen molar-refractivity contribution in [1.82, 2.24) is 0 Å². The molecule has 0 unspecified atom stereocenters. The van der Waals surface area contributed by atoms with Crippen LogP contribution in [0, 0.1) is 6.92 Å². The Labute approximate surface area is 105 Å². The van der Waals surface area contributed by atoms with E-state index in [-0.39, 0.29) is 0 Å². The summed E-state index contributed by atoms with van der Waals surface area (Å²) in [6.07, 6.45) is 0.00298. The van der Waals surface area contributed by atoms with Crippen molar-refractivity contribution in [1.29, 1.82) is 0 Å². The van der Waals surface area contributed by atoms with Crippen LogP contribution >= 0.6 is 15.9 Å². The number of hydrogen-bond acceptors (Lipinski definition) is 3. The van der Waals surface area contributed by atoms with Crippen LogP contribution in [0.5, 0.6) is 0 Å². The highest BCUT2D eigenvalue weighted by Gasteiger charge is 2.41. The molecule has 1 aromatic rings. The number of halogens is 1. The van der Waals surface area contributed by atoms with Gasteiger partial charge in [0.15, 0.2) is 13.5 Å². The van der Waals surface area contributed by atoms with Crippen LogP contribution < -0.4 is 0 Å². The first kappa shape index (κ1) is 13.7. The average molecular weight is 307 g/mol. The predicted molar refractivity (Wildman–Crippen MR) is 68.3 cm³/mol. The van der Waals surface area contributed by atoms with E-state index in [1.54, 1.807) is 18.2 Å². The fraction of sp³-hybridized carbons (Fsp3) is 0.455. The smallest absolute Gasteiger partial charge is 0.165 e. The molecule has 5 heteroatoms. The maximum Gasteiger partial charge on any atom is 0.165 e. The zero-order chi connectivity index (χ0) is 12.6. The monoisotopic (exact) mass is 306 g/mol. The lowest BCUT2D eigenvalue weighted by atomic mass is 10.0. The number of alkyl halides is 1. The highest BCUT2D eigenvalue weighted by molar-refractivity contribution is 9.11. The van der Waals surface area contributed by atoms with Crippen LogP contribution in [-0.4, -0.2) is 23.4 Å². The molecule has 1 rings (SSSR count). The minimum absolute atomic E-state index is 0.588. The summed E-state index contributed by atoms with van der Waals surface area (Å²) in [4.78, 5) is 0. The van der Waals surface area contributed by atoms with E-state index in [9.17, 15) is 13.5 Å². The molecule has 0 amide bonds. The molecule has 1 N–H and O–H groups in total. The number of hydrogen-bond donors (Lipinski definition) is 1. The van der Waals surface area contributed by atoms with Crippen molar-refractivity contribution in [2.45, 2.75) is 23.6 Å². The van der Waals surface area contributed by atoms with Crippen LogP contribution in [-0.2, 0) is 9.84 Å². The van der Waals surface area contributed by atoms with Crippen molar-refractivity contribution in [3.8, 4) is 0 Å². The second-order valence-corrected chi connectivity index (χ2v) is 8.64. The fourth-order valence-corrected chi connectivity index (χ4v) is 2.15. The first-order valence-corrected chi connectivity index (χ1v) is 7.48. The van der Waals surface area contributed by atoms with E-state index < -0.39 is 19.6 Å². The van der Waals surface area contributed by atoms with Crippen LogP contribution in [0.25, 0.3) is 0 Å². The molecule has 0 saturated carbocycles. The zero-order valence-corrected chi connectivity index (χ0v) is 11.8. The lowest BCUT2D eigenvalue weighted by Gasteiger charge is -2.27. The lowest BCUT2D eigenvalue weighted by molar-refractivity contribution is 0.168. The van der Waals surface area contributed by atoms with E-state index in [4.69, 9.17) is 0 Å². The van der Waals surface area contributed by atoms with Gasteiger partial charge in [-0.25, -0.2) is 8.42 Å². The Morgan fingerprint density at radius 3 is 2.44 bits per heavy atom.